The number of hydrogen-bond donors (Lipinski definition) is 2. The molecule has 0 amide bonds. The van der Waals surface area contributed by atoms with Crippen LogP contribution in [0.25, 0.3) is 11.1 Å². The van der Waals surface area contributed by atoms with Crippen molar-refractivity contribution in [2.45, 2.75) is 17.9 Å². The third-order valence-corrected chi connectivity index (χ3v) is 4.45. The Labute approximate surface area is 144 Å². The maximum atomic E-state index is 12.2. The molecule has 1 atom stereocenters. The molecule has 2 aromatic carbocycles. The molecule has 0 saturated carbocycles. The van der Waals surface area contributed by atoms with Crippen molar-refractivity contribution >= 4 is 11.9 Å². The molecule has 6 heteroatoms. The van der Waals surface area contributed by atoms with Gasteiger partial charge in [-0.05, 0) is 22.3 Å². The first-order valence-electron chi connectivity index (χ1n) is 7.73. The second-order valence-electron chi connectivity index (χ2n) is 5.94. The van der Waals surface area contributed by atoms with Gasteiger partial charge in [0, 0.05) is 5.92 Å². The molecule has 0 saturated heterocycles. The number of esters is 1. The van der Waals surface area contributed by atoms with Crippen LogP contribution in [0.1, 0.15) is 23.5 Å². The molecule has 0 radical (unpaired) electrons. The van der Waals surface area contributed by atoms with Crippen molar-refractivity contribution in [1.29, 1.82) is 5.26 Å². The summed E-state index contributed by atoms with van der Waals surface area (Å²) in [7, 11) is 0. The van der Waals surface area contributed by atoms with Gasteiger partial charge in [0.1, 0.15) is 6.61 Å². The van der Waals surface area contributed by atoms with E-state index in [2.05, 4.69) is 0 Å². The van der Waals surface area contributed by atoms with Crippen LogP contribution in [0.2, 0.25) is 0 Å². The molecule has 6 nitrogen and oxygen atoms in total. The van der Waals surface area contributed by atoms with E-state index in [1.54, 1.807) is 6.07 Å². The summed E-state index contributed by atoms with van der Waals surface area (Å²) in [6, 6.07) is 17.2. The molecule has 126 valence electrons. The van der Waals surface area contributed by atoms with Gasteiger partial charge in [0.05, 0.1) is 12.5 Å². The number of nitrogens with two attached hydrogens (primary N) is 1. The van der Waals surface area contributed by atoms with Crippen LogP contribution >= 0.6 is 0 Å². The Morgan fingerprint density at radius 3 is 2.12 bits per heavy atom. The highest BCUT2D eigenvalue weighted by Gasteiger charge is 2.44. The average Bonchev–Trinajstić information content (AvgIpc) is 2.93. The van der Waals surface area contributed by atoms with E-state index >= 15 is 0 Å². The van der Waals surface area contributed by atoms with Gasteiger partial charge in [0.2, 0.25) is 5.54 Å². The number of nitrogens with zero attached hydrogens (tertiary/aromatic N) is 1. The zero-order chi connectivity index (χ0) is 18.0. The summed E-state index contributed by atoms with van der Waals surface area (Å²) < 4.78 is 5.22. The Morgan fingerprint density at radius 2 is 1.64 bits per heavy atom. The fourth-order valence-electron chi connectivity index (χ4n) is 3.09. The molecule has 3 N–H and O–H groups in total. The van der Waals surface area contributed by atoms with E-state index in [1.807, 2.05) is 48.5 Å². The summed E-state index contributed by atoms with van der Waals surface area (Å²) in [6.07, 6.45) is -0.654. The largest absolute Gasteiger partial charge is 0.479 e. The maximum Gasteiger partial charge on any atom is 0.338 e. The lowest BCUT2D eigenvalue weighted by molar-refractivity contribution is -0.161. The highest BCUT2D eigenvalue weighted by molar-refractivity contribution is 6.04. The molecule has 0 bridgehead atoms. The minimum atomic E-state index is -2.35. The smallest absolute Gasteiger partial charge is 0.338 e. The van der Waals surface area contributed by atoms with Gasteiger partial charge < -0.3 is 15.6 Å². The van der Waals surface area contributed by atoms with Gasteiger partial charge >= 0.3 is 11.9 Å². The van der Waals surface area contributed by atoms with E-state index in [-0.39, 0.29) is 12.5 Å². The highest BCUT2D eigenvalue weighted by atomic mass is 16.5. The number of carboxylic acid groups (broad SMARTS) is 1. The zero-order valence-electron chi connectivity index (χ0n) is 13.3. The lowest BCUT2D eigenvalue weighted by Gasteiger charge is -2.21. The van der Waals surface area contributed by atoms with Crippen LogP contribution in [0, 0.1) is 11.3 Å². The van der Waals surface area contributed by atoms with Crippen LogP contribution < -0.4 is 5.73 Å². The zero-order valence-corrected chi connectivity index (χ0v) is 13.3. The first kappa shape index (κ1) is 16.7. The van der Waals surface area contributed by atoms with E-state index in [1.165, 1.54) is 0 Å². The standard InChI is InChI=1S/C19H16N2O4/c20-10-9-19(21,17(22)23)18(24)25-11-16-14-7-3-1-5-12(14)13-6-2-4-8-15(13)16/h1-8,16H,9,11,21H2,(H,22,23)/t19-/m1/s1. The molecule has 25 heavy (non-hydrogen) atoms. The van der Waals surface area contributed by atoms with E-state index in [0.717, 1.165) is 22.3 Å². The van der Waals surface area contributed by atoms with Crippen molar-refractivity contribution in [3.05, 3.63) is 59.7 Å². The highest BCUT2D eigenvalue weighted by Crippen LogP contribution is 2.44. The Bertz CT molecular complexity index is 841. The maximum absolute atomic E-state index is 12.2. The number of ether oxygens (including phenoxy) is 1. The fraction of sp³-hybridized carbons (Fsp3) is 0.211. The summed E-state index contributed by atoms with van der Waals surface area (Å²) in [4.78, 5) is 23.5. The molecule has 0 aromatic heterocycles. The van der Waals surface area contributed by atoms with Crippen molar-refractivity contribution in [1.82, 2.24) is 0 Å². The van der Waals surface area contributed by atoms with E-state index in [9.17, 15) is 9.59 Å². The van der Waals surface area contributed by atoms with Gasteiger partial charge in [-0.1, -0.05) is 48.5 Å². The number of aliphatic carboxylic acids is 1. The number of carbonyl (C=O) groups is 2. The summed E-state index contributed by atoms with van der Waals surface area (Å²) in [6.45, 7) is -0.0372. The Hall–Kier alpha value is -3.17. The van der Waals surface area contributed by atoms with Gasteiger partial charge in [-0.3, -0.25) is 0 Å². The summed E-state index contributed by atoms with van der Waals surface area (Å²) in [5.74, 6) is -2.88. The first-order valence-corrected chi connectivity index (χ1v) is 7.73. The fourth-order valence-corrected chi connectivity index (χ4v) is 3.09. The third kappa shape index (κ3) is 2.75. The van der Waals surface area contributed by atoms with Crippen LogP contribution in [0.3, 0.4) is 0 Å². The molecule has 0 fully saturated rings. The van der Waals surface area contributed by atoms with Gasteiger partial charge in [-0.15, -0.1) is 0 Å². The quantitative estimate of drug-likeness (QED) is 0.638. The van der Waals surface area contributed by atoms with Gasteiger partial charge in [-0.2, -0.15) is 5.26 Å². The van der Waals surface area contributed by atoms with Crippen LogP contribution in [-0.4, -0.2) is 29.2 Å². The van der Waals surface area contributed by atoms with Crippen LogP contribution in [0.4, 0.5) is 0 Å². The SMILES string of the molecule is N#CC[C@@](N)(C(=O)O)C(=O)OCC1c2ccccc2-c2ccccc21. The number of carbonyl (C=O) groups excluding carboxylic acids is 1. The predicted octanol–water partition coefficient (Wildman–Crippen LogP) is 2.04. The number of carboxylic acids is 1. The minimum absolute atomic E-state index is 0.0372. The van der Waals surface area contributed by atoms with Crippen molar-refractivity contribution in [3.63, 3.8) is 0 Å². The number of nitriles is 1. The predicted molar refractivity (Wildman–Crippen MR) is 89.5 cm³/mol. The number of benzene rings is 2. The molecule has 0 unspecified atom stereocenters. The monoisotopic (exact) mass is 336 g/mol. The van der Waals surface area contributed by atoms with Crippen molar-refractivity contribution < 1.29 is 19.4 Å². The molecule has 0 aliphatic heterocycles. The average molecular weight is 336 g/mol. The lowest BCUT2D eigenvalue weighted by atomic mass is 9.96. The summed E-state index contributed by atoms with van der Waals surface area (Å²) >= 11 is 0. The molecule has 0 heterocycles. The van der Waals surface area contributed by atoms with Crippen molar-refractivity contribution in [2.75, 3.05) is 6.61 Å². The number of fused-ring (bicyclic) bond motifs is 3. The summed E-state index contributed by atoms with van der Waals surface area (Å²) in [5, 5.41) is 17.9. The second-order valence-corrected chi connectivity index (χ2v) is 5.94. The van der Waals surface area contributed by atoms with Crippen LogP contribution in [-0.2, 0) is 14.3 Å². The second kappa shape index (κ2) is 6.38. The number of rotatable bonds is 5. The van der Waals surface area contributed by atoms with Crippen LogP contribution in [0.15, 0.2) is 48.5 Å². The van der Waals surface area contributed by atoms with Crippen molar-refractivity contribution in [2.24, 2.45) is 5.73 Å². The third-order valence-electron chi connectivity index (χ3n) is 4.45. The molecule has 0 spiro atoms. The Kier molecular flexibility index (Phi) is 4.26. The van der Waals surface area contributed by atoms with Crippen LogP contribution in [0.5, 0.6) is 0 Å². The Balaban J connectivity index is 1.86. The molecule has 1 aliphatic rings. The first-order chi connectivity index (χ1) is 12.0. The van der Waals surface area contributed by atoms with Crippen molar-refractivity contribution in [3.8, 4) is 17.2 Å². The summed E-state index contributed by atoms with van der Waals surface area (Å²) in [5.41, 5.74) is 7.36. The molecular formula is C19H16N2O4. The molecule has 3 rings (SSSR count). The number of hydrogen-bond acceptors (Lipinski definition) is 5. The molecule has 2 aromatic rings. The Morgan fingerprint density at radius 1 is 1.12 bits per heavy atom. The van der Waals surface area contributed by atoms with Gasteiger partial charge in [0.25, 0.3) is 0 Å². The van der Waals surface area contributed by atoms with Gasteiger partial charge in [-0.25, -0.2) is 9.59 Å². The van der Waals surface area contributed by atoms with E-state index in [4.69, 9.17) is 20.8 Å². The molecular weight excluding hydrogens is 320 g/mol. The minimum Gasteiger partial charge on any atom is -0.479 e. The normalized spacial score (nSPS) is 14.7. The van der Waals surface area contributed by atoms with E-state index < -0.39 is 23.9 Å². The van der Waals surface area contributed by atoms with E-state index in [0.29, 0.717) is 0 Å². The topological polar surface area (TPSA) is 113 Å². The van der Waals surface area contributed by atoms with Gasteiger partial charge in [0.15, 0.2) is 0 Å². The molecule has 1 aliphatic carbocycles. The lowest BCUT2D eigenvalue weighted by Crippen LogP contribution is -2.55.